The summed E-state index contributed by atoms with van der Waals surface area (Å²) in [6, 6.07) is 4.31. The summed E-state index contributed by atoms with van der Waals surface area (Å²) in [5, 5.41) is 6.16. The second-order valence-electron chi connectivity index (χ2n) is 3.60. The van der Waals surface area contributed by atoms with Crippen LogP contribution in [0.2, 0.25) is 0 Å². The molecule has 4 N–H and O–H groups in total. The summed E-state index contributed by atoms with van der Waals surface area (Å²) in [6.45, 7) is 0. The number of hydrogen-bond donors (Lipinski definition) is 3. The number of benzene rings is 1. The molecular formula is C10H11BrN4O3S. The van der Waals surface area contributed by atoms with E-state index in [-0.39, 0.29) is 16.5 Å². The van der Waals surface area contributed by atoms with Crippen LogP contribution >= 0.6 is 15.9 Å². The number of ether oxygens (including phenoxy) is 1. The molecule has 0 saturated heterocycles. The minimum Gasteiger partial charge on any atom is -0.495 e. The number of nitrogens with one attached hydrogen (secondary N) is 2. The fraction of sp³-hybridized carbons (Fsp3) is 0.100. The Morgan fingerprint density at radius 2 is 2.21 bits per heavy atom. The largest absolute Gasteiger partial charge is 0.495 e. The molecule has 0 bridgehead atoms. The number of hydrogen-bond acceptors (Lipinski definition) is 5. The SMILES string of the molecule is COc1cc(Br)c(N)cc1S(=O)(=O)Nc1ccn[nH]1. The van der Waals surface area contributed by atoms with Gasteiger partial charge in [0.05, 0.1) is 13.3 Å². The minimum atomic E-state index is -3.81. The van der Waals surface area contributed by atoms with E-state index < -0.39 is 10.0 Å². The van der Waals surface area contributed by atoms with Crippen molar-refractivity contribution in [1.82, 2.24) is 10.2 Å². The smallest absolute Gasteiger partial charge is 0.266 e. The zero-order valence-corrected chi connectivity index (χ0v) is 12.2. The molecule has 2 aromatic rings. The molecule has 0 unspecified atom stereocenters. The average Bonchev–Trinajstić information content (AvgIpc) is 2.84. The molecule has 0 aliphatic carbocycles. The van der Waals surface area contributed by atoms with Crippen molar-refractivity contribution >= 4 is 37.5 Å². The Bertz CT molecular complexity index is 685. The lowest BCUT2D eigenvalue weighted by Crippen LogP contribution is -2.15. The van der Waals surface area contributed by atoms with Crippen LogP contribution in [0.1, 0.15) is 0 Å². The van der Waals surface area contributed by atoms with Crippen molar-refractivity contribution in [2.45, 2.75) is 4.90 Å². The zero-order valence-electron chi connectivity index (χ0n) is 9.84. The number of aromatic amines is 1. The summed E-state index contributed by atoms with van der Waals surface area (Å²) >= 11 is 3.21. The predicted octanol–water partition coefficient (Wildman–Crippen LogP) is 1.56. The van der Waals surface area contributed by atoms with E-state index in [9.17, 15) is 8.42 Å². The quantitative estimate of drug-likeness (QED) is 0.727. The van der Waals surface area contributed by atoms with Gasteiger partial charge in [0.1, 0.15) is 16.5 Å². The van der Waals surface area contributed by atoms with E-state index in [0.29, 0.717) is 10.2 Å². The second-order valence-corrected chi connectivity index (χ2v) is 6.11. The van der Waals surface area contributed by atoms with Crippen molar-refractivity contribution in [3.8, 4) is 5.75 Å². The average molecular weight is 347 g/mol. The zero-order chi connectivity index (χ0) is 14.0. The maximum atomic E-state index is 12.2. The Balaban J connectivity index is 2.48. The number of nitrogens with zero attached hydrogens (tertiary/aromatic N) is 1. The van der Waals surface area contributed by atoms with Crippen molar-refractivity contribution in [3.05, 3.63) is 28.9 Å². The normalized spacial score (nSPS) is 11.3. The van der Waals surface area contributed by atoms with Gasteiger partial charge in [-0.1, -0.05) is 0 Å². The third-order valence-corrected chi connectivity index (χ3v) is 4.39. The van der Waals surface area contributed by atoms with E-state index in [1.807, 2.05) is 0 Å². The molecule has 7 nitrogen and oxygen atoms in total. The van der Waals surface area contributed by atoms with Gasteiger partial charge in [0, 0.05) is 16.2 Å². The lowest BCUT2D eigenvalue weighted by molar-refractivity contribution is 0.402. The topological polar surface area (TPSA) is 110 Å². The van der Waals surface area contributed by atoms with Gasteiger partial charge in [-0.2, -0.15) is 5.10 Å². The van der Waals surface area contributed by atoms with Crippen LogP contribution in [0.25, 0.3) is 0 Å². The van der Waals surface area contributed by atoms with Crippen LogP contribution < -0.4 is 15.2 Å². The molecule has 0 spiro atoms. The highest BCUT2D eigenvalue weighted by Gasteiger charge is 2.21. The van der Waals surface area contributed by atoms with Gasteiger partial charge >= 0.3 is 0 Å². The first kappa shape index (κ1) is 13.7. The molecule has 0 aliphatic heterocycles. The Hall–Kier alpha value is -1.74. The Kier molecular flexibility index (Phi) is 3.67. The minimum absolute atomic E-state index is 0.0506. The van der Waals surface area contributed by atoms with Crippen LogP contribution in [0.15, 0.2) is 33.8 Å². The van der Waals surface area contributed by atoms with Crippen molar-refractivity contribution in [3.63, 3.8) is 0 Å². The molecule has 0 radical (unpaired) electrons. The standard InChI is InChI=1S/C10H11BrN4O3S/c1-18-8-4-6(11)7(12)5-9(8)19(16,17)15-10-2-3-13-14-10/h2-5H,12H2,1H3,(H2,13,14,15). The van der Waals surface area contributed by atoms with Gasteiger partial charge in [-0.3, -0.25) is 9.82 Å². The van der Waals surface area contributed by atoms with Crippen molar-refractivity contribution in [2.24, 2.45) is 0 Å². The molecule has 19 heavy (non-hydrogen) atoms. The first-order valence-electron chi connectivity index (χ1n) is 5.09. The highest BCUT2D eigenvalue weighted by Crippen LogP contribution is 2.32. The number of halogens is 1. The van der Waals surface area contributed by atoms with E-state index in [4.69, 9.17) is 10.5 Å². The number of sulfonamides is 1. The summed E-state index contributed by atoms with van der Waals surface area (Å²) in [5.74, 6) is 0.441. The van der Waals surface area contributed by atoms with Crippen LogP contribution in [-0.2, 0) is 10.0 Å². The van der Waals surface area contributed by atoms with Crippen LogP contribution in [0.5, 0.6) is 5.75 Å². The van der Waals surface area contributed by atoms with Crippen LogP contribution in [0.3, 0.4) is 0 Å². The van der Waals surface area contributed by atoms with Gasteiger partial charge in [0.15, 0.2) is 0 Å². The number of rotatable bonds is 4. The monoisotopic (exact) mass is 346 g/mol. The summed E-state index contributed by atoms with van der Waals surface area (Å²) in [4.78, 5) is -0.0506. The fourth-order valence-corrected chi connectivity index (χ4v) is 2.96. The van der Waals surface area contributed by atoms with E-state index in [0.717, 1.165) is 0 Å². The highest BCUT2D eigenvalue weighted by molar-refractivity contribution is 9.10. The molecule has 0 atom stereocenters. The third-order valence-electron chi connectivity index (χ3n) is 2.32. The van der Waals surface area contributed by atoms with Gasteiger partial charge < -0.3 is 10.5 Å². The first-order valence-corrected chi connectivity index (χ1v) is 7.37. The van der Waals surface area contributed by atoms with Crippen molar-refractivity contribution in [2.75, 3.05) is 17.6 Å². The summed E-state index contributed by atoms with van der Waals surface area (Å²) in [7, 11) is -2.43. The molecule has 1 heterocycles. The molecule has 102 valence electrons. The van der Waals surface area contributed by atoms with E-state index >= 15 is 0 Å². The molecule has 0 fully saturated rings. The highest BCUT2D eigenvalue weighted by atomic mass is 79.9. The summed E-state index contributed by atoms with van der Waals surface area (Å²) in [5.41, 5.74) is 6.00. The molecule has 2 rings (SSSR count). The molecule has 1 aromatic heterocycles. The van der Waals surface area contributed by atoms with Crippen LogP contribution in [0, 0.1) is 0 Å². The number of H-pyrrole nitrogens is 1. The lowest BCUT2D eigenvalue weighted by atomic mass is 10.3. The van der Waals surface area contributed by atoms with E-state index in [1.165, 1.54) is 31.5 Å². The van der Waals surface area contributed by atoms with Gasteiger partial charge in [-0.25, -0.2) is 8.42 Å². The number of nitrogens with two attached hydrogens (primary N) is 1. The molecule has 1 aromatic carbocycles. The lowest BCUT2D eigenvalue weighted by Gasteiger charge is -2.12. The Morgan fingerprint density at radius 1 is 1.47 bits per heavy atom. The van der Waals surface area contributed by atoms with Gasteiger partial charge in [-0.05, 0) is 28.1 Å². The summed E-state index contributed by atoms with van der Waals surface area (Å²) < 4.78 is 32.4. The second kappa shape index (κ2) is 5.10. The van der Waals surface area contributed by atoms with E-state index in [1.54, 1.807) is 0 Å². The fourth-order valence-electron chi connectivity index (χ4n) is 1.43. The first-order chi connectivity index (χ1) is 8.94. The number of methoxy groups -OCH3 is 1. The van der Waals surface area contributed by atoms with Gasteiger partial charge in [0.2, 0.25) is 0 Å². The van der Waals surface area contributed by atoms with Crippen LogP contribution in [-0.4, -0.2) is 25.7 Å². The molecule has 0 saturated carbocycles. The summed E-state index contributed by atoms with van der Waals surface area (Å²) in [6.07, 6.45) is 1.44. The molecule has 0 amide bonds. The van der Waals surface area contributed by atoms with Crippen LogP contribution in [0.4, 0.5) is 11.5 Å². The number of nitrogen functional groups attached to an aromatic ring is 1. The molecule has 0 aliphatic rings. The molecule has 9 heteroatoms. The Morgan fingerprint density at radius 3 is 2.79 bits per heavy atom. The van der Waals surface area contributed by atoms with E-state index in [2.05, 4.69) is 30.8 Å². The van der Waals surface area contributed by atoms with Crippen molar-refractivity contribution < 1.29 is 13.2 Å². The van der Waals surface area contributed by atoms with Gasteiger partial charge in [-0.15, -0.1) is 0 Å². The third kappa shape index (κ3) is 2.82. The maximum absolute atomic E-state index is 12.2. The Labute approximate surface area is 118 Å². The number of aromatic nitrogens is 2. The van der Waals surface area contributed by atoms with Crippen molar-refractivity contribution in [1.29, 1.82) is 0 Å². The predicted molar refractivity (Wildman–Crippen MR) is 74.5 cm³/mol. The molecular weight excluding hydrogens is 336 g/mol. The number of anilines is 2. The van der Waals surface area contributed by atoms with Gasteiger partial charge in [0.25, 0.3) is 10.0 Å². The maximum Gasteiger partial charge on any atom is 0.266 e.